The highest BCUT2D eigenvalue weighted by molar-refractivity contribution is 9.10. The number of rotatable bonds is 3. The molecule has 2 aromatic rings. The quantitative estimate of drug-likeness (QED) is 0.865. The van der Waals surface area contributed by atoms with Crippen LogP contribution in [0.4, 0.5) is 5.82 Å². The number of carbonyl (C=O) groups is 1. The number of carbonyl (C=O) groups excluding carboxylic acids is 1. The van der Waals surface area contributed by atoms with Crippen molar-refractivity contribution in [1.82, 2.24) is 15.0 Å². The molecular weight excluding hydrogens is 324 g/mol. The highest BCUT2D eigenvalue weighted by Gasteiger charge is 2.18. The Labute approximate surface area is 124 Å². The molecule has 2 heterocycles. The molecule has 6 nitrogen and oxygen atoms in total. The van der Waals surface area contributed by atoms with E-state index in [1.165, 1.54) is 0 Å². The summed E-state index contributed by atoms with van der Waals surface area (Å²) >= 11 is 3.31. The van der Waals surface area contributed by atoms with Crippen LogP contribution in [0.3, 0.4) is 0 Å². The van der Waals surface area contributed by atoms with Gasteiger partial charge < -0.3 is 10.5 Å². The van der Waals surface area contributed by atoms with Crippen LogP contribution in [-0.2, 0) is 4.74 Å². The third kappa shape index (κ3) is 2.93. The van der Waals surface area contributed by atoms with Gasteiger partial charge >= 0.3 is 5.97 Å². The molecule has 2 aromatic heterocycles. The number of aryl methyl sites for hydroxylation is 1. The predicted molar refractivity (Wildman–Crippen MR) is 78.1 cm³/mol. The summed E-state index contributed by atoms with van der Waals surface area (Å²) in [6, 6.07) is 3.60. The van der Waals surface area contributed by atoms with Crippen LogP contribution in [0.25, 0.3) is 11.5 Å². The normalized spacial score (nSPS) is 10.3. The highest BCUT2D eigenvalue weighted by atomic mass is 79.9. The molecule has 0 aliphatic carbocycles. The van der Waals surface area contributed by atoms with Gasteiger partial charge in [0.15, 0.2) is 5.82 Å². The van der Waals surface area contributed by atoms with Gasteiger partial charge in [0.25, 0.3) is 0 Å². The number of hydrogen-bond acceptors (Lipinski definition) is 6. The molecule has 0 atom stereocenters. The second-order valence-corrected chi connectivity index (χ2v) is 4.89. The first-order valence-corrected chi connectivity index (χ1v) is 6.75. The molecule has 0 aliphatic heterocycles. The molecule has 0 unspecified atom stereocenters. The zero-order valence-corrected chi connectivity index (χ0v) is 12.6. The Hall–Kier alpha value is -2.02. The molecule has 0 fully saturated rings. The van der Waals surface area contributed by atoms with E-state index < -0.39 is 5.97 Å². The maximum atomic E-state index is 11.8. The Balaban J connectivity index is 2.44. The number of pyridine rings is 1. The summed E-state index contributed by atoms with van der Waals surface area (Å²) in [5, 5.41) is 0. The van der Waals surface area contributed by atoms with E-state index in [-0.39, 0.29) is 18.0 Å². The van der Waals surface area contributed by atoms with E-state index in [1.54, 1.807) is 26.1 Å². The summed E-state index contributed by atoms with van der Waals surface area (Å²) in [5.41, 5.74) is 7.08. The van der Waals surface area contributed by atoms with Crippen molar-refractivity contribution in [1.29, 1.82) is 0 Å². The molecule has 7 heteroatoms. The van der Waals surface area contributed by atoms with Gasteiger partial charge in [-0.05, 0) is 41.9 Å². The average molecular weight is 337 g/mol. The second kappa shape index (κ2) is 5.96. The summed E-state index contributed by atoms with van der Waals surface area (Å²) in [6.45, 7) is 3.69. The summed E-state index contributed by atoms with van der Waals surface area (Å²) in [5.74, 6) is -0.0472. The SMILES string of the molecule is CCOC(=O)c1c(C)nc(-c2ccc(Br)cn2)nc1N. The average Bonchev–Trinajstić information content (AvgIpc) is 2.39. The number of anilines is 1. The van der Waals surface area contributed by atoms with Crippen LogP contribution in [0.1, 0.15) is 23.0 Å². The maximum absolute atomic E-state index is 11.8. The highest BCUT2D eigenvalue weighted by Crippen LogP contribution is 2.20. The van der Waals surface area contributed by atoms with Crippen molar-refractivity contribution in [3.05, 3.63) is 34.1 Å². The monoisotopic (exact) mass is 336 g/mol. The largest absolute Gasteiger partial charge is 0.462 e. The molecule has 0 aliphatic rings. The first-order chi connectivity index (χ1) is 9.52. The fourth-order valence-electron chi connectivity index (χ4n) is 1.67. The molecule has 0 aromatic carbocycles. The molecule has 0 saturated heterocycles. The molecule has 0 bridgehead atoms. The van der Waals surface area contributed by atoms with Crippen LogP contribution in [-0.4, -0.2) is 27.5 Å². The maximum Gasteiger partial charge on any atom is 0.343 e. The van der Waals surface area contributed by atoms with Crippen molar-refractivity contribution in [3.63, 3.8) is 0 Å². The minimum atomic E-state index is -0.516. The van der Waals surface area contributed by atoms with Crippen molar-refractivity contribution < 1.29 is 9.53 Å². The van der Waals surface area contributed by atoms with Crippen molar-refractivity contribution in [3.8, 4) is 11.5 Å². The topological polar surface area (TPSA) is 91.0 Å². The standard InChI is InChI=1S/C13H13BrN4O2/c1-3-20-13(19)10-7(2)17-12(18-11(10)15)9-5-4-8(14)6-16-9/h4-6H,3H2,1-2H3,(H2,15,17,18). The third-order valence-electron chi connectivity index (χ3n) is 2.55. The fourth-order valence-corrected chi connectivity index (χ4v) is 1.91. The lowest BCUT2D eigenvalue weighted by Gasteiger charge is -2.09. The molecule has 20 heavy (non-hydrogen) atoms. The molecule has 2 rings (SSSR count). The lowest BCUT2D eigenvalue weighted by Crippen LogP contribution is -2.13. The van der Waals surface area contributed by atoms with Crippen LogP contribution in [0.2, 0.25) is 0 Å². The molecule has 0 radical (unpaired) electrons. The Morgan fingerprint density at radius 2 is 2.15 bits per heavy atom. The van der Waals surface area contributed by atoms with Gasteiger partial charge in [0.2, 0.25) is 0 Å². The van der Waals surface area contributed by atoms with Gasteiger partial charge in [-0.2, -0.15) is 0 Å². The van der Waals surface area contributed by atoms with Crippen molar-refractivity contribution in [2.24, 2.45) is 0 Å². The first-order valence-electron chi connectivity index (χ1n) is 5.96. The molecule has 0 saturated carbocycles. The molecule has 0 spiro atoms. The number of nitrogen functional groups attached to an aromatic ring is 1. The number of hydrogen-bond donors (Lipinski definition) is 1. The van der Waals surface area contributed by atoms with E-state index in [1.807, 2.05) is 6.07 Å². The number of halogens is 1. The van der Waals surface area contributed by atoms with E-state index in [4.69, 9.17) is 10.5 Å². The number of ether oxygens (including phenoxy) is 1. The summed E-state index contributed by atoms with van der Waals surface area (Å²) in [6.07, 6.45) is 1.64. The summed E-state index contributed by atoms with van der Waals surface area (Å²) in [7, 11) is 0. The van der Waals surface area contributed by atoms with E-state index in [9.17, 15) is 4.79 Å². The number of nitrogens with two attached hydrogens (primary N) is 1. The van der Waals surface area contributed by atoms with Crippen LogP contribution >= 0.6 is 15.9 Å². The van der Waals surface area contributed by atoms with Crippen molar-refractivity contribution in [2.45, 2.75) is 13.8 Å². The van der Waals surface area contributed by atoms with Gasteiger partial charge in [0, 0.05) is 10.7 Å². The zero-order chi connectivity index (χ0) is 14.7. The minimum absolute atomic E-state index is 0.0932. The molecular formula is C13H13BrN4O2. The van der Waals surface area contributed by atoms with Gasteiger partial charge in [-0.3, -0.25) is 4.98 Å². The van der Waals surface area contributed by atoms with Gasteiger partial charge in [-0.15, -0.1) is 0 Å². The lowest BCUT2D eigenvalue weighted by atomic mass is 10.2. The van der Waals surface area contributed by atoms with Gasteiger partial charge in [-0.1, -0.05) is 0 Å². The van der Waals surface area contributed by atoms with Gasteiger partial charge in [0.1, 0.15) is 17.1 Å². The van der Waals surface area contributed by atoms with E-state index in [2.05, 4.69) is 30.9 Å². The summed E-state index contributed by atoms with van der Waals surface area (Å²) < 4.78 is 5.79. The van der Waals surface area contributed by atoms with Gasteiger partial charge in [-0.25, -0.2) is 14.8 Å². The van der Waals surface area contributed by atoms with Crippen LogP contribution in [0.15, 0.2) is 22.8 Å². The lowest BCUT2D eigenvalue weighted by molar-refractivity contribution is 0.0526. The van der Waals surface area contributed by atoms with Crippen molar-refractivity contribution in [2.75, 3.05) is 12.3 Å². The zero-order valence-electron chi connectivity index (χ0n) is 11.1. The van der Waals surface area contributed by atoms with Crippen LogP contribution in [0.5, 0.6) is 0 Å². The van der Waals surface area contributed by atoms with E-state index in [0.29, 0.717) is 17.2 Å². The van der Waals surface area contributed by atoms with Crippen LogP contribution in [0, 0.1) is 6.92 Å². The van der Waals surface area contributed by atoms with Crippen LogP contribution < -0.4 is 5.73 Å². The summed E-state index contributed by atoms with van der Waals surface area (Å²) in [4.78, 5) is 24.4. The molecule has 104 valence electrons. The minimum Gasteiger partial charge on any atom is -0.462 e. The molecule has 0 amide bonds. The number of aromatic nitrogens is 3. The van der Waals surface area contributed by atoms with E-state index in [0.717, 1.165) is 4.47 Å². The number of nitrogens with zero attached hydrogens (tertiary/aromatic N) is 3. The Morgan fingerprint density at radius 3 is 2.70 bits per heavy atom. The Bertz CT molecular complexity index is 620. The predicted octanol–water partition coefficient (Wildman–Crippen LogP) is 2.37. The fraction of sp³-hybridized carbons (Fsp3) is 0.231. The molecule has 2 N–H and O–H groups in total. The Morgan fingerprint density at radius 1 is 1.40 bits per heavy atom. The first kappa shape index (κ1) is 14.4. The van der Waals surface area contributed by atoms with E-state index >= 15 is 0 Å². The third-order valence-corrected chi connectivity index (χ3v) is 3.02. The Kier molecular flexibility index (Phi) is 4.29. The second-order valence-electron chi connectivity index (χ2n) is 3.97. The van der Waals surface area contributed by atoms with Crippen molar-refractivity contribution >= 4 is 27.7 Å². The number of esters is 1. The van der Waals surface area contributed by atoms with Gasteiger partial charge in [0.05, 0.1) is 12.3 Å². The smallest absolute Gasteiger partial charge is 0.343 e.